The Kier molecular flexibility index (Phi) is 4.16. The van der Waals surface area contributed by atoms with E-state index in [1.807, 2.05) is 6.07 Å². The van der Waals surface area contributed by atoms with Crippen LogP contribution in [-0.2, 0) is 0 Å². The molecule has 1 aromatic heterocycles. The standard InChI is InChI=1S/C14H20N4/c1-3-12(2)17-6-8-18(9-7-17)14-10-13(11-15)4-5-16-14/h4-5,10,12H,3,6-9H2,1-2H3. The third-order valence-electron chi connectivity index (χ3n) is 3.73. The van der Waals surface area contributed by atoms with Crippen LogP contribution in [0.4, 0.5) is 5.82 Å². The highest BCUT2D eigenvalue weighted by molar-refractivity contribution is 5.45. The summed E-state index contributed by atoms with van der Waals surface area (Å²) in [6.45, 7) is 8.65. The summed E-state index contributed by atoms with van der Waals surface area (Å²) in [4.78, 5) is 9.14. The Morgan fingerprint density at radius 1 is 1.39 bits per heavy atom. The maximum absolute atomic E-state index is 8.90. The molecule has 0 amide bonds. The number of hydrogen-bond acceptors (Lipinski definition) is 4. The average Bonchev–Trinajstić information content (AvgIpc) is 2.46. The fourth-order valence-corrected chi connectivity index (χ4v) is 2.31. The molecular weight excluding hydrogens is 224 g/mol. The van der Waals surface area contributed by atoms with E-state index in [4.69, 9.17) is 5.26 Å². The summed E-state index contributed by atoms with van der Waals surface area (Å²) in [5, 5.41) is 8.90. The van der Waals surface area contributed by atoms with Gasteiger partial charge in [-0.2, -0.15) is 5.26 Å². The second kappa shape index (κ2) is 5.83. The van der Waals surface area contributed by atoms with Gasteiger partial charge in [0.2, 0.25) is 0 Å². The van der Waals surface area contributed by atoms with Gasteiger partial charge in [-0.3, -0.25) is 4.90 Å². The Morgan fingerprint density at radius 2 is 2.11 bits per heavy atom. The molecule has 2 rings (SSSR count). The van der Waals surface area contributed by atoms with Gasteiger partial charge in [-0.25, -0.2) is 4.98 Å². The van der Waals surface area contributed by atoms with Crippen LogP contribution in [0.25, 0.3) is 0 Å². The van der Waals surface area contributed by atoms with Crippen LogP contribution in [0.5, 0.6) is 0 Å². The second-order valence-electron chi connectivity index (χ2n) is 4.79. The number of nitrogens with zero attached hydrogens (tertiary/aromatic N) is 4. The molecule has 1 saturated heterocycles. The minimum absolute atomic E-state index is 0.658. The summed E-state index contributed by atoms with van der Waals surface area (Å²) in [6.07, 6.45) is 2.91. The Labute approximate surface area is 109 Å². The van der Waals surface area contributed by atoms with E-state index in [2.05, 4.69) is 34.7 Å². The van der Waals surface area contributed by atoms with Crippen LogP contribution in [-0.4, -0.2) is 42.1 Å². The molecule has 0 radical (unpaired) electrons. The van der Waals surface area contributed by atoms with Gasteiger partial charge in [-0.05, 0) is 25.5 Å². The fraction of sp³-hybridized carbons (Fsp3) is 0.571. The Bertz CT molecular complexity index is 430. The number of hydrogen-bond donors (Lipinski definition) is 0. The van der Waals surface area contributed by atoms with Crippen molar-refractivity contribution in [3.63, 3.8) is 0 Å². The first-order chi connectivity index (χ1) is 8.74. The lowest BCUT2D eigenvalue weighted by Crippen LogP contribution is -2.49. The molecule has 1 fully saturated rings. The lowest BCUT2D eigenvalue weighted by molar-refractivity contribution is 0.192. The van der Waals surface area contributed by atoms with Crippen molar-refractivity contribution in [2.75, 3.05) is 31.1 Å². The van der Waals surface area contributed by atoms with Crippen molar-refractivity contribution in [3.8, 4) is 6.07 Å². The third-order valence-corrected chi connectivity index (χ3v) is 3.73. The minimum Gasteiger partial charge on any atom is -0.354 e. The number of aromatic nitrogens is 1. The molecule has 0 aromatic carbocycles. The van der Waals surface area contributed by atoms with Crippen molar-refractivity contribution < 1.29 is 0 Å². The molecule has 18 heavy (non-hydrogen) atoms. The fourth-order valence-electron chi connectivity index (χ4n) is 2.31. The van der Waals surface area contributed by atoms with Crippen LogP contribution in [0.1, 0.15) is 25.8 Å². The van der Waals surface area contributed by atoms with Gasteiger partial charge in [0.1, 0.15) is 5.82 Å². The van der Waals surface area contributed by atoms with Crippen molar-refractivity contribution in [2.24, 2.45) is 0 Å². The van der Waals surface area contributed by atoms with Crippen LogP contribution in [0.3, 0.4) is 0 Å². The monoisotopic (exact) mass is 244 g/mol. The van der Waals surface area contributed by atoms with Gasteiger partial charge in [-0.15, -0.1) is 0 Å². The summed E-state index contributed by atoms with van der Waals surface area (Å²) in [6, 6.07) is 6.45. The molecule has 96 valence electrons. The average molecular weight is 244 g/mol. The molecule has 4 heteroatoms. The van der Waals surface area contributed by atoms with Crippen LogP contribution in [0.2, 0.25) is 0 Å². The molecule has 1 aliphatic heterocycles. The highest BCUT2D eigenvalue weighted by Gasteiger charge is 2.20. The molecule has 1 aromatic rings. The summed E-state index contributed by atoms with van der Waals surface area (Å²) in [5.41, 5.74) is 0.685. The van der Waals surface area contributed by atoms with Gasteiger partial charge in [-0.1, -0.05) is 6.92 Å². The predicted octanol–water partition coefficient (Wildman–Crippen LogP) is 1.87. The van der Waals surface area contributed by atoms with Gasteiger partial charge < -0.3 is 4.90 Å². The molecular formula is C14H20N4. The lowest BCUT2D eigenvalue weighted by atomic mass is 10.2. The van der Waals surface area contributed by atoms with Crippen molar-refractivity contribution in [3.05, 3.63) is 23.9 Å². The molecule has 0 aliphatic carbocycles. The van der Waals surface area contributed by atoms with Crippen LogP contribution in [0, 0.1) is 11.3 Å². The van der Waals surface area contributed by atoms with Crippen molar-refractivity contribution in [1.82, 2.24) is 9.88 Å². The molecule has 0 bridgehead atoms. The number of pyridine rings is 1. The summed E-state index contributed by atoms with van der Waals surface area (Å²) in [7, 11) is 0. The Balaban J connectivity index is 1.99. The summed E-state index contributed by atoms with van der Waals surface area (Å²) in [5.74, 6) is 0.929. The molecule has 0 spiro atoms. The Hall–Kier alpha value is -1.60. The zero-order chi connectivity index (χ0) is 13.0. The first-order valence-electron chi connectivity index (χ1n) is 6.59. The van der Waals surface area contributed by atoms with E-state index in [1.165, 1.54) is 6.42 Å². The lowest BCUT2D eigenvalue weighted by Gasteiger charge is -2.38. The highest BCUT2D eigenvalue weighted by Crippen LogP contribution is 2.16. The maximum atomic E-state index is 8.90. The molecule has 0 N–H and O–H groups in total. The van der Waals surface area contributed by atoms with Gasteiger partial charge in [0.15, 0.2) is 0 Å². The molecule has 0 saturated carbocycles. The molecule has 2 heterocycles. The van der Waals surface area contributed by atoms with E-state index < -0.39 is 0 Å². The topological polar surface area (TPSA) is 43.2 Å². The zero-order valence-corrected chi connectivity index (χ0v) is 11.1. The molecule has 1 atom stereocenters. The predicted molar refractivity (Wildman–Crippen MR) is 72.5 cm³/mol. The number of rotatable bonds is 3. The van der Waals surface area contributed by atoms with Gasteiger partial charge in [0.25, 0.3) is 0 Å². The normalized spacial score (nSPS) is 18.4. The number of anilines is 1. The van der Waals surface area contributed by atoms with Crippen molar-refractivity contribution in [1.29, 1.82) is 5.26 Å². The molecule has 4 nitrogen and oxygen atoms in total. The zero-order valence-electron chi connectivity index (χ0n) is 11.1. The SMILES string of the molecule is CCC(C)N1CCN(c2cc(C#N)ccn2)CC1. The van der Waals surface area contributed by atoms with E-state index in [-0.39, 0.29) is 0 Å². The van der Waals surface area contributed by atoms with E-state index in [1.54, 1.807) is 12.3 Å². The summed E-state index contributed by atoms with van der Waals surface area (Å²) >= 11 is 0. The summed E-state index contributed by atoms with van der Waals surface area (Å²) < 4.78 is 0. The number of nitriles is 1. The van der Waals surface area contributed by atoms with Crippen LogP contribution >= 0.6 is 0 Å². The molecule has 1 unspecified atom stereocenters. The largest absolute Gasteiger partial charge is 0.354 e. The van der Waals surface area contributed by atoms with E-state index in [9.17, 15) is 0 Å². The van der Waals surface area contributed by atoms with Crippen molar-refractivity contribution >= 4 is 5.82 Å². The molecule has 1 aliphatic rings. The van der Waals surface area contributed by atoms with Crippen LogP contribution < -0.4 is 4.90 Å². The van der Waals surface area contributed by atoms with E-state index >= 15 is 0 Å². The minimum atomic E-state index is 0.658. The number of piperazine rings is 1. The highest BCUT2D eigenvalue weighted by atomic mass is 15.3. The second-order valence-corrected chi connectivity index (χ2v) is 4.79. The van der Waals surface area contributed by atoms with E-state index in [0.29, 0.717) is 11.6 Å². The first-order valence-corrected chi connectivity index (χ1v) is 6.59. The van der Waals surface area contributed by atoms with Gasteiger partial charge in [0.05, 0.1) is 11.6 Å². The van der Waals surface area contributed by atoms with Gasteiger partial charge >= 0.3 is 0 Å². The Morgan fingerprint density at radius 3 is 2.72 bits per heavy atom. The van der Waals surface area contributed by atoms with Crippen molar-refractivity contribution in [2.45, 2.75) is 26.3 Å². The quantitative estimate of drug-likeness (QED) is 0.814. The first kappa shape index (κ1) is 12.8. The maximum Gasteiger partial charge on any atom is 0.129 e. The van der Waals surface area contributed by atoms with Crippen LogP contribution in [0.15, 0.2) is 18.3 Å². The smallest absolute Gasteiger partial charge is 0.129 e. The van der Waals surface area contributed by atoms with E-state index in [0.717, 1.165) is 32.0 Å². The third kappa shape index (κ3) is 2.80. The van der Waals surface area contributed by atoms with Gasteiger partial charge in [0, 0.05) is 38.4 Å².